The number of hydrogen-bond donors (Lipinski definition) is 2. The van der Waals surface area contributed by atoms with Gasteiger partial charge in [0.05, 0.1) is 6.54 Å². The lowest BCUT2D eigenvalue weighted by molar-refractivity contribution is -0.119. The van der Waals surface area contributed by atoms with E-state index in [1.807, 2.05) is 0 Å². The molecule has 0 unspecified atom stereocenters. The van der Waals surface area contributed by atoms with Crippen molar-refractivity contribution < 1.29 is 9.18 Å². The number of carbonyl (C=O) groups is 1. The van der Waals surface area contributed by atoms with E-state index in [0.29, 0.717) is 13.0 Å². The third-order valence-electron chi connectivity index (χ3n) is 1.83. The SMILES string of the molecule is NCC(=O)NCCc1ccc(F)cc1. The Bertz CT molecular complexity index is 297. The minimum absolute atomic E-state index is 0.00339. The second kappa shape index (κ2) is 5.34. The molecule has 0 fully saturated rings. The van der Waals surface area contributed by atoms with Crippen LogP contribution in [0.15, 0.2) is 24.3 Å². The van der Waals surface area contributed by atoms with Crippen LogP contribution in [-0.2, 0) is 11.2 Å². The molecular weight excluding hydrogens is 183 g/mol. The highest BCUT2D eigenvalue weighted by molar-refractivity contribution is 5.77. The highest BCUT2D eigenvalue weighted by Gasteiger charge is 1.97. The molecule has 0 heterocycles. The Kier molecular flexibility index (Phi) is 4.07. The van der Waals surface area contributed by atoms with Gasteiger partial charge in [-0.3, -0.25) is 4.79 Å². The third-order valence-corrected chi connectivity index (χ3v) is 1.83. The molecule has 0 saturated carbocycles. The van der Waals surface area contributed by atoms with Gasteiger partial charge in [-0.2, -0.15) is 0 Å². The molecule has 3 nitrogen and oxygen atoms in total. The fourth-order valence-electron chi connectivity index (χ4n) is 1.07. The summed E-state index contributed by atoms with van der Waals surface area (Å²) < 4.78 is 12.5. The van der Waals surface area contributed by atoms with Gasteiger partial charge in [0.25, 0.3) is 0 Å². The molecule has 0 bridgehead atoms. The summed E-state index contributed by atoms with van der Waals surface area (Å²) in [7, 11) is 0. The molecule has 1 aromatic carbocycles. The van der Waals surface area contributed by atoms with Crippen LogP contribution in [0.4, 0.5) is 4.39 Å². The van der Waals surface area contributed by atoms with Gasteiger partial charge in [-0.1, -0.05) is 12.1 Å². The topological polar surface area (TPSA) is 55.1 Å². The number of nitrogens with two attached hydrogens (primary N) is 1. The molecule has 1 amide bonds. The number of rotatable bonds is 4. The van der Waals surface area contributed by atoms with Gasteiger partial charge in [0.15, 0.2) is 0 Å². The monoisotopic (exact) mass is 196 g/mol. The second-order valence-corrected chi connectivity index (χ2v) is 2.93. The lowest BCUT2D eigenvalue weighted by Crippen LogP contribution is -2.31. The number of nitrogens with one attached hydrogen (secondary N) is 1. The van der Waals surface area contributed by atoms with E-state index in [1.54, 1.807) is 12.1 Å². The highest BCUT2D eigenvalue weighted by Crippen LogP contribution is 2.02. The number of hydrogen-bond acceptors (Lipinski definition) is 2. The number of benzene rings is 1. The van der Waals surface area contributed by atoms with E-state index in [2.05, 4.69) is 5.32 Å². The van der Waals surface area contributed by atoms with Crippen molar-refractivity contribution in [2.75, 3.05) is 13.1 Å². The molecule has 1 rings (SSSR count). The van der Waals surface area contributed by atoms with E-state index < -0.39 is 0 Å². The summed E-state index contributed by atoms with van der Waals surface area (Å²) in [5, 5.41) is 2.64. The van der Waals surface area contributed by atoms with Crippen LogP contribution in [0.5, 0.6) is 0 Å². The zero-order valence-electron chi connectivity index (χ0n) is 7.79. The zero-order chi connectivity index (χ0) is 10.4. The normalized spacial score (nSPS) is 9.86. The fraction of sp³-hybridized carbons (Fsp3) is 0.300. The van der Waals surface area contributed by atoms with E-state index in [-0.39, 0.29) is 18.3 Å². The quantitative estimate of drug-likeness (QED) is 0.734. The lowest BCUT2D eigenvalue weighted by atomic mass is 10.1. The molecule has 14 heavy (non-hydrogen) atoms. The average Bonchev–Trinajstić information content (AvgIpc) is 2.21. The van der Waals surface area contributed by atoms with Crippen LogP contribution in [0, 0.1) is 5.82 Å². The van der Waals surface area contributed by atoms with Crippen LogP contribution < -0.4 is 11.1 Å². The molecule has 0 aliphatic rings. The van der Waals surface area contributed by atoms with Crippen molar-refractivity contribution in [3.63, 3.8) is 0 Å². The minimum Gasteiger partial charge on any atom is -0.355 e. The molecule has 4 heteroatoms. The van der Waals surface area contributed by atoms with Crippen LogP contribution in [0.3, 0.4) is 0 Å². The summed E-state index contributed by atoms with van der Waals surface area (Å²) in [6.07, 6.45) is 0.687. The van der Waals surface area contributed by atoms with E-state index in [0.717, 1.165) is 5.56 Å². The van der Waals surface area contributed by atoms with Crippen LogP contribution in [0.2, 0.25) is 0 Å². The molecule has 0 radical (unpaired) electrons. The predicted molar refractivity (Wildman–Crippen MR) is 52.2 cm³/mol. The van der Waals surface area contributed by atoms with Crippen molar-refractivity contribution in [3.05, 3.63) is 35.6 Å². The van der Waals surface area contributed by atoms with E-state index in [1.165, 1.54) is 12.1 Å². The Morgan fingerprint density at radius 1 is 1.36 bits per heavy atom. The smallest absolute Gasteiger partial charge is 0.233 e. The highest BCUT2D eigenvalue weighted by atomic mass is 19.1. The van der Waals surface area contributed by atoms with E-state index >= 15 is 0 Å². The Hall–Kier alpha value is -1.42. The first kappa shape index (κ1) is 10.7. The summed E-state index contributed by atoms with van der Waals surface area (Å²) in [6.45, 7) is 0.533. The van der Waals surface area contributed by atoms with Gasteiger partial charge in [-0.15, -0.1) is 0 Å². The van der Waals surface area contributed by atoms with Crippen LogP contribution in [-0.4, -0.2) is 19.0 Å². The van der Waals surface area contributed by atoms with Crippen molar-refractivity contribution in [2.45, 2.75) is 6.42 Å². The molecule has 0 spiro atoms. The van der Waals surface area contributed by atoms with Gasteiger partial charge in [0, 0.05) is 6.54 Å². The Labute approximate surface area is 82.1 Å². The molecule has 0 atom stereocenters. The number of amides is 1. The van der Waals surface area contributed by atoms with Crippen LogP contribution in [0.1, 0.15) is 5.56 Å². The van der Waals surface area contributed by atoms with Crippen molar-refractivity contribution in [1.29, 1.82) is 0 Å². The van der Waals surface area contributed by atoms with Crippen molar-refractivity contribution >= 4 is 5.91 Å². The summed E-state index contributed by atoms with van der Waals surface area (Å²) in [6, 6.07) is 6.20. The van der Waals surface area contributed by atoms with Gasteiger partial charge in [0.2, 0.25) is 5.91 Å². The standard InChI is InChI=1S/C10H13FN2O/c11-9-3-1-8(2-4-9)5-6-13-10(14)7-12/h1-4H,5-7,12H2,(H,13,14). The molecule has 1 aromatic rings. The summed E-state index contributed by atoms with van der Waals surface area (Å²) in [5.74, 6) is -0.424. The van der Waals surface area contributed by atoms with Gasteiger partial charge in [-0.25, -0.2) is 4.39 Å². The molecule has 3 N–H and O–H groups in total. The van der Waals surface area contributed by atoms with Gasteiger partial charge < -0.3 is 11.1 Å². The maximum absolute atomic E-state index is 12.5. The largest absolute Gasteiger partial charge is 0.355 e. The van der Waals surface area contributed by atoms with Gasteiger partial charge >= 0.3 is 0 Å². The third kappa shape index (κ3) is 3.53. The van der Waals surface area contributed by atoms with Crippen LogP contribution >= 0.6 is 0 Å². The van der Waals surface area contributed by atoms with E-state index in [4.69, 9.17) is 5.73 Å². The molecule has 0 aliphatic carbocycles. The Balaban J connectivity index is 2.31. The van der Waals surface area contributed by atoms with Crippen molar-refractivity contribution in [1.82, 2.24) is 5.32 Å². The zero-order valence-corrected chi connectivity index (χ0v) is 7.79. The number of halogens is 1. The molecule has 0 aliphatic heterocycles. The first-order valence-corrected chi connectivity index (χ1v) is 4.43. The summed E-state index contributed by atoms with van der Waals surface area (Å²) in [4.78, 5) is 10.8. The fourth-order valence-corrected chi connectivity index (χ4v) is 1.07. The predicted octanol–water partition coefficient (Wildman–Crippen LogP) is 0.443. The summed E-state index contributed by atoms with van der Waals surface area (Å²) in [5.41, 5.74) is 6.10. The van der Waals surface area contributed by atoms with Crippen LogP contribution in [0.25, 0.3) is 0 Å². The van der Waals surface area contributed by atoms with Gasteiger partial charge in [0.1, 0.15) is 5.82 Å². The Morgan fingerprint density at radius 3 is 2.57 bits per heavy atom. The lowest BCUT2D eigenvalue weighted by Gasteiger charge is -2.03. The Morgan fingerprint density at radius 2 is 2.00 bits per heavy atom. The number of carbonyl (C=O) groups excluding carboxylic acids is 1. The molecule has 76 valence electrons. The average molecular weight is 196 g/mol. The van der Waals surface area contributed by atoms with E-state index in [9.17, 15) is 9.18 Å². The summed E-state index contributed by atoms with van der Waals surface area (Å²) >= 11 is 0. The molecular formula is C10H13FN2O. The second-order valence-electron chi connectivity index (χ2n) is 2.93. The first-order chi connectivity index (χ1) is 6.72. The van der Waals surface area contributed by atoms with Gasteiger partial charge in [-0.05, 0) is 24.1 Å². The first-order valence-electron chi connectivity index (χ1n) is 4.43. The minimum atomic E-state index is -0.250. The van der Waals surface area contributed by atoms with Crippen molar-refractivity contribution in [2.24, 2.45) is 5.73 Å². The molecule has 0 saturated heterocycles. The molecule has 0 aromatic heterocycles. The van der Waals surface area contributed by atoms with Crippen molar-refractivity contribution in [3.8, 4) is 0 Å². The maximum atomic E-state index is 12.5. The maximum Gasteiger partial charge on any atom is 0.233 e.